The van der Waals surface area contributed by atoms with Gasteiger partial charge in [-0.3, -0.25) is 4.79 Å². The summed E-state index contributed by atoms with van der Waals surface area (Å²) in [5.41, 5.74) is 5.52. The van der Waals surface area contributed by atoms with Crippen molar-refractivity contribution in [2.24, 2.45) is 11.7 Å². The Bertz CT molecular complexity index is 294. The molecule has 0 saturated carbocycles. The Hall–Kier alpha value is -0.870. The Labute approximate surface area is 94.7 Å². The number of nitrogens with one attached hydrogen (secondary N) is 1. The fourth-order valence-corrected chi connectivity index (χ4v) is 2.13. The van der Waals surface area contributed by atoms with E-state index in [0.29, 0.717) is 6.54 Å². The fraction of sp³-hybridized carbons (Fsp3) is 0.545. The molecule has 1 heterocycles. The smallest absolute Gasteiger partial charge is 0.224 e. The first kappa shape index (κ1) is 12.2. The molecule has 0 aliphatic heterocycles. The summed E-state index contributed by atoms with van der Waals surface area (Å²) in [7, 11) is 0. The topological polar surface area (TPSA) is 55.1 Å². The minimum atomic E-state index is -0.0626. The molecule has 1 aromatic rings. The van der Waals surface area contributed by atoms with Crippen LogP contribution in [0.4, 0.5) is 0 Å². The summed E-state index contributed by atoms with van der Waals surface area (Å²) in [5, 5.41) is 4.99. The summed E-state index contributed by atoms with van der Waals surface area (Å²) in [6.07, 6.45) is 0.791. The summed E-state index contributed by atoms with van der Waals surface area (Å²) >= 11 is 1.65. The van der Waals surface area contributed by atoms with Gasteiger partial charge < -0.3 is 11.1 Å². The largest absolute Gasteiger partial charge is 0.348 e. The van der Waals surface area contributed by atoms with E-state index in [1.807, 2.05) is 31.4 Å². The van der Waals surface area contributed by atoms with Gasteiger partial charge in [-0.1, -0.05) is 13.0 Å². The molecule has 1 aromatic heterocycles. The van der Waals surface area contributed by atoms with Crippen LogP contribution >= 0.6 is 11.3 Å². The van der Waals surface area contributed by atoms with Crippen LogP contribution in [0.5, 0.6) is 0 Å². The molecule has 0 bridgehead atoms. The number of carbonyl (C=O) groups is 1. The van der Waals surface area contributed by atoms with Gasteiger partial charge in [0.15, 0.2) is 0 Å². The van der Waals surface area contributed by atoms with Crippen molar-refractivity contribution in [3.63, 3.8) is 0 Å². The molecule has 1 rings (SSSR count). The Kier molecular flexibility index (Phi) is 4.78. The van der Waals surface area contributed by atoms with Crippen molar-refractivity contribution in [3.8, 4) is 0 Å². The highest BCUT2D eigenvalue weighted by Crippen LogP contribution is 2.18. The molecule has 2 unspecified atom stereocenters. The van der Waals surface area contributed by atoms with Crippen LogP contribution in [0.15, 0.2) is 17.5 Å². The first-order chi connectivity index (χ1) is 7.19. The van der Waals surface area contributed by atoms with Crippen molar-refractivity contribution in [2.45, 2.75) is 26.3 Å². The third-order valence-electron chi connectivity index (χ3n) is 2.48. The lowest BCUT2D eigenvalue weighted by Gasteiger charge is -2.17. The summed E-state index contributed by atoms with van der Waals surface area (Å²) in [6.45, 7) is 4.39. The number of hydrogen-bond donors (Lipinski definition) is 2. The Morgan fingerprint density at radius 3 is 2.87 bits per heavy atom. The predicted octanol–water partition coefficient (Wildman–Crippen LogP) is 1.91. The van der Waals surface area contributed by atoms with Crippen molar-refractivity contribution in [2.75, 3.05) is 6.54 Å². The van der Waals surface area contributed by atoms with Crippen molar-refractivity contribution in [3.05, 3.63) is 22.4 Å². The standard InChI is InChI=1S/C11H18N2OS/c1-3-9(7-12)11(14)13-8(2)10-5-4-6-15-10/h4-6,8-9H,3,7,12H2,1-2H3,(H,13,14). The van der Waals surface area contributed by atoms with E-state index in [1.54, 1.807) is 11.3 Å². The number of hydrogen-bond acceptors (Lipinski definition) is 3. The molecule has 2 atom stereocenters. The number of amides is 1. The monoisotopic (exact) mass is 226 g/mol. The summed E-state index contributed by atoms with van der Waals surface area (Å²) in [6, 6.07) is 4.10. The molecule has 3 nitrogen and oxygen atoms in total. The van der Waals surface area contributed by atoms with E-state index in [1.165, 1.54) is 4.88 Å². The maximum atomic E-state index is 11.7. The van der Waals surface area contributed by atoms with E-state index in [9.17, 15) is 4.79 Å². The highest BCUT2D eigenvalue weighted by atomic mass is 32.1. The lowest BCUT2D eigenvalue weighted by atomic mass is 10.1. The third-order valence-corrected chi connectivity index (χ3v) is 3.53. The van der Waals surface area contributed by atoms with E-state index in [0.717, 1.165) is 6.42 Å². The van der Waals surface area contributed by atoms with Crippen LogP contribution in [0.25, 0.3) is 0 Å². The highest BCUT2D eigenvalue weighted by molar-refractivity contribution is 7.10. The average Bonchev–Trinajstić information content (AvgIpc) is 2.72. The van der Waals surface area contributed by atoms with Gasteiger partial charge in [-0.2, -0.15) is 0 Å². The van der Waals surface area contributed by atoms with Gasteiger partial charge in [-0.25, -0.2) is 0 Å². The van der Waals surface area contributed by atoms with E-state index < -0.39 is 0 Å². The van der Waals surface area contributed by atoms with Crippen molar-refractivity contribution in [1.29, 1.82) is 0 Å². The van der Waals surface area contributed by atoms with Crippen LogP contribution in [-0.2, 0) is 4.79 Å². The van der Waals surface area contributed by atoms with E-state index in [2.05, 4.69) is 5.32 Å². The van der Waals surface area contributed by atoms with Crippen LogP contribution in [0.1, 0.15) is 31.2 Å². The maximum Gasteiger partial charge on any atom is 0.224 e. The number of rotatable bonds is 5. The van der Waals surface area contributed by atoms with Gasteiger partial charge in [-0.05, 0) is 24.8 Å². The van der Waals surface area contributed by atoms with E-state index in [4.69, 9.17) is 5.73 Å². The highest BCUT2D eigenvalue weighted by Gasteiger charge is 2.17. The zero-order valence-electron chi connectivity index (χ0n) is 9.19. The van der Waals surface area contributed by atoms with E-state index >= 15 is 0 Å². The van der Waals surface area contributed by atoms with Gasteiger partial charge in [0, 0.05) is 17.3 Å². The third kappa shape index (κ3) is 3.32. The van der Waals surface area contributed by atoms with Gasteiger partial charge in [0.2, 0.25) is 5.91 Å². The predicted molar refractivity (Wildman–Crippen MR) is 63.7 cm³/mol. The van der Waals surface area contributed by atoms with Gasteiger partial charge in [0.05, 0.1) is 6.04 Å². The molecule has 0 fully saturated rings. The van der Waals surface area contributed by atoms with Gasteiger partial charge in [0.1, 0.15) is 0 Å². The summed E-state index contributed by atoms with van der Waals surface area (Å²) < 4.78 is 0. The molecule has 0 radical (unpaired) electrons. The molecule has 0 saturated heterocycles. The molecule has 84 valence electrons. The second-order valence-corrected chi connectivity index (χ2v) is 4.57. The molecule has 15 heavy (non-hydrogen) atoms. The molecule has 4 heteroatoms. The minimum absolute atomic E-state index is 0.0564. The summed E-state index contributed by atoms with van der Waals surface area (Å²) in [5.74, 6) is -0.00619. The van der Waals surface area contributed by atoms with Crippen molar-refractivity contribution >= 4 is 17.2 Å². The molecule has 1 amide bonds. The van der Waals surface area contributed by atoms with Crippen LogP contribution in [0.2, 0.25) is 0 Å². The van der Waals surface area contributed by atoms with Crippen LogP contribution < -0.4 is 11.1 Å². The summed E-state index contributed by atoms with van der Waals surface area (Å²) in [4.78, 5) is 12.9. The Morgan fingerprint density at radius 2 is 2.40 bits per heavy atom. The Morgan fingerprint density at radius 1 is 1.67 bits per heavy atom. The lowest BCUT2D eigenvalue weighted by molar-refractivity contribution is -0.125. The lowest BCUT2D eigenvalue weighted by Crippen LogP contribution is -2.35. The van der Waals surface area contributed by atoms with Gasteiger partial charge in [0.25, 0.3) is 0 Å². The normalized spacial score (nSPS) is 14.6. The van der Waals surface area contributed by atoms with Crippen LogP contribution in [0, 0.1) is 5.92 Å². The zero-order chi connectivity index (χ0) is 11.3. The fourth-order valence-electron chi connectivity index (χ4n) is 1.40. The molecule has 0 spiro atoms. The van der Waals surface area contributed by atoms with Crippen LogP contribution in [0.3, 0.4) is 0 Å². The number of carbonyl (C=O) groups excluding carboxylic acids is 1. The zero-order valence-corrected chi connectivity index (χ0v) is 10.0. The quantitative estimate of drug-likeness (QED) is 0.806. The van der Waals surface area contributed by atoms with Crippen molar-refractivity contribution < 1.29 is 4.79 Å². The minimum Gasteiger partial charge on any atom is -0.348 e. The molecular weight excluding hydrogens is 208 g/mol. The second kappa shape index (κ2) is 5.88. The Balaban J connectivity index is 2.51. The SMILES string of the molecule is CCC(CN)C(=O)NC(C)c1cccs1. The van der Waals surface area contributed by atoms with Crippen molar-refractivity contribution in [1.82, 2.24) is 5.32 Å². The first-order valence-corrected chi connectivity index (χ1v) is 6.10. The van der Waals surface area contributed by atoms with Gasteiger partial charge in [-0.15, -0.1) is 11.3 Å². The molecule has 3 N–H and O–H groups in total. The molecular formula is C11H18N2OS. The first-order valence-electron chi connectivity index (χ1n) is 5.22. The number of thiophene rings is 1. The van der Waals surface area contributed by atoms with E-state index in [-0.39, 0.29) is 17.9 Å². The number of nitrogens with two attached hydrogens (primary N) is 1. The average molecular weight is 226 g/mol. The van der Waals surface area contributed by atoms with Crippen LogP contribution in [-0.4, -0.2) is 12.5 Å². The molecule has 0 aromatic carbocycles. The van der Waals surface area contributed by atoms with Gasteiger partial charge >= 0.3 is 0 Å². The molecule has 0 aliphatic rings. The molecule has 0 aliphatic carbocycles. The second-order valence-electron chi connectivity index (χ2n) is 3.59. The maximum absolute atomic E-state index is 11.7.